The molecule has 3 atom stereocenters. The average Bonchev–Trinajstić information content (AvgIpc) is 3.14. The van der Waals surface area contributed by atoms with Gasteiger partial charge in [0.2, 0.25) is 0 Å². The number of fused-ring (bicyclic) bond motifs is 2. The molecule has 2 fully saturated rings. The fraction of sp³-hybridized carbons (Fsp3) is 0.417. The molecule has 0 radical (unpaired) electrons. The van der Waals surface area contributed by atoms with Crippen LogP contribution in [0, 0.1) is 0 Å². The number of benzene rings is 2. The average molecular weight is 413 g/mol. The molecule has 2 aliphatic rings. The number of rotatable bonds is 6. The van der Waals surface area contributed by atoms with Gasteiger partial charge in [-0.2, -0.15) is 0 Å². The minimum Gasteiger partial charge on any atom is -0.378 e. The summed E-state index contributed by atoms with van der Waals surface area (Å²) in [4.78, 5) is 26.7. The third-order valence-electron chi connectivity index (χ3n) is 6.05. The molecule has 2 saturated heterocycles. The number of hydrogen-bond acceptors (Lipinski definition) is 4. The highest BCUT2D eigenvalue weighted by atomic mass is 35.5. The molecule has 5 heteroatoms. The normalized spacial score (nSPS) is 26.2. The predicted molar refractivity (Wildman–Crippen MR) is 112 cm³/mol. The van der Waals surface area contributed by atoms with Crippen LogP contribution in [-0.4, -0.2) is 36.5 Å². The first-order valence-electron chi connectivity index (χ1n) is 10.2. The van der Waals surface area contributed by atoms with Gasteiger partial charge in [0.15, 0.2) is 17.2 Å². The second kappa shape index (κ2) is 8.02. The summed E-state index contributed by atoms with van der Waals surface area (Å²) in [5.41, 5.74) is 2.78. The Labute approximate surface area is 176 Å². The van der Waals surface area contributed by atoms with E-state index in [9.17, 15) is 9.59 Å². The van der Waals surface area contributed by atoms with Gasteiger partial charge in [0.25, 0.3) is 0 Å². The van der Waals surface area contributed by atoms with E-state index in [0.717, 1.165) is 28.7 Å². The second-order valence-corrected chi connectivity index (χ2v) is 8.19. The quantitative estimate of drug-likeness (QED) is 0.642. The van der Waals surface area contributed by atoms with Crippen molar-refractivity contribution in [1.29, 1.82) is 0 Å². The van der Waals surface area contributed by atoms with Crippen LogP contribution in [0.25, 0.3) is 11.1 Å². The number of ether oxygens (including phenoxy) is 2. The number of aryl methyl sites for hydroxylation is 1. The third kappa shape index (κ3) is 3.54. The maximum Gasteiger partial charge on any atom is 0.181 e. The van der Waals surface area contributed by atoms with Gasteiger partial charge in [0, 0.05) is 11.6 Å². The van der Waals surface area contributed by atoms with Gasteiger partial charge in [-0.25, -0.2) is 0 Å². The first-order valence-corrected chi connectivity index (χ1v) is 10.6. The lowest BCUT2D eigenvalue weighted by atomic mass is 9.78. The highest BCUT2D eigenvalue weighted by molar-refractivity contribution is 6.30. The largest absolute Gasteiger partial charge is 0.378 e. The van der Waals surface area contributed by atoms with E-state index in [-0.39, 0.29) is 18.2 Å². The fourth-order valence-corrected chi connectivity index (χ4v) is 4.59. The van der Waals surface area contributed by atoms with Crippen LogP contribution in [0.15, 0.2) is 42.5 Å². The lowest BCUT2D eigenvalue weighted by Gasteiger charge is -2.36. The molecule has 2 heterocycles. The summed E-state index contributed by atoms with van der Waals surface area (Å²) in [6, 6.07) is 13.6. The summed E-state index contributed by atoms with van der Waals surface area (Å²) in [7, 11) is 0. The molecule has 2 bridgehead atoms. The molecule has 4 rings (SSSR count). The Bertz CT molecular complexity index is 936. The lowest BCUT2D eigenvalue weighted by molar-refractivity contribution is -0.170. The summed E-state index contributed by atoms with van der Waals surface area (Å²) < 4.78 is 11.5. The smallest absolute Gasteiger partial charge is 0.181 e. The van der Waals surface area contributed by atoms with Gasteiger partial charge in [-0.05, 0) is 66.6 Å². The molecule has 2 aromatic rings. The molecule has 29 heavy (non-hydrogen) atoms. The number of carbonyl (C=O) groups excluding carboxylic acids is 2. The Hall–Kier alpha value is -2.01. The van der Waals surface area contributed by atoms with Gasteiger partial charge in [0.05, 0.1) is 6.61 Å². The predicted octanol–water partition coefficient (Wildman–Crippen LogP) is 4.76. The van der Waals surface area contributed by atoms with E-state index in [1.807, 2.05) is 56.3 Å². The number of Topliss-reactive ketones (excluding diaryl/α,β-unsaturated/α-hetero) is 2. The van der Waals surface area contributed by atoms with Gasteiger partial charge in [-0.15, -0.1) is 0 Å². The van der Waals surface area contributed by atoms with Crippen molar-refractivity contribution in [2.75, 3.05) is 13.2 Å². The number of ketones is 2. The Morgan fingerprint density at radius 3 is 2.52 bits per heavy atom. The summed E-state index contributed by atoms with van der Waals surface area (Å²) in [5, 5.41) is 0.670. The van der Waals surface area contributed by atoms with Crippen molar-refractivity contribution in [2.45, 2.75) is 50.7 Å². The van der Waals surface area contributed by atoms with Crippen molar-refractivity contribution < 1.29 is 19.1 Å². The molecule has 0 aromatic heterocycles. The van der Waals surface area contributed by atoms with E-state index < -0.39 is 17.6 Å². The maximum atomic E-state index is 13.5. The summed E-state index contributed by atoms with van der Waals surface area (Å²) in [6.07, 6.45) is 1.34. The third-order valence-corrected chi connectivity index (χ3v) is 6.30. The minimum absolute atomic E-state index is 0.123. The molecule has 4 nitrogen and oxygen atoms in total. The molecule has 0 aliphatic carbocycles. The summed E-state index contributed by atoms with van der Waals surface area (Å²) >= 11 is 6.02. The van der Waals surface area contributed by atoms with Crippen LogP contribution < -0.4 is 0 Å². The number of carbonyl (C=O) groups is 2. The van der Waals surface area contributed by atoms with Crippen LogP contribution in [0.3, 0.4) is 0 Å². The van der Waals surface area contributed by atoms with Gasteiger partial charge >= 0.3 is 0 Å². The van der Waals surface area contributed by atoms with Crippen LogP contribution in [0.5, 0.6) is 0 Å². The molecule has 0 spiro atoms. The van der Waals surface area contributed by atoms with Crippen molar-refractivity contribution >= 4 is 23.2 Å². The molecule has 0 saturated carbocycles. The fourth-order valence-electron chi connectivity index (χ4n) is 4.46. The lowest BCUT2D eigenvalue weighted by Crippen LogP contribution is -2.53. The topological polar surface area (TPSA) is 52.6 Å². The van der Waals surface area contributed by atoms with Crippen molar-refractivity contribution in [2.24, 2.45) is 0 Å². The van der Waals surface area contributed by atoms with Crippen LogP contribution in [-0.2, 0) is 25.5 Å². The molecule has 1 unspecified atom stereocenters. The van der Waals surface area contributed by atoms with E-state index in [1.165, 1.54) is 0 Å². The monoisotopic (exact) mass is 412 g/mol. The Balaban J connectivity index is 1.77. The zero-order valence-corrected chi connectivity index (χ0v) is 17.5. The van der Waals surface area contributed by atoms with E-state index in [1.54, 1.807) is 0 Å². The van der Waals surface area contributed by atoms with Gasteiger partial charge in [-0.3, -0.25) is 9.59 Å². The van der Waals surface area contributed by atoms with Crippen LogP contribution in [0.1, 0.15) is 43.7 Å². The molecule has 2 aromatic carbocycles. The van der Waals surface area contributed by atoms with Crippen molar-refractivity contribution in [3.05, 3.63) is 58.6 Å². The van der Waals surface area contributed by atoms with Crippen LogP contribution in [0.4, 0.5) is 0 Å². The summed E-state index contributed by atoms with van der Waals surface area (Å²) in [6.45, 7) is 4.65. The molecule has 152 valence electrons. The molecular weight excluding hydrogens is 388 g/mol. The van der Waals surface area contributed by atoms with E-state index in [4.69, 9.17) is 21.1 Å². The minimum atomic E-state index is -0.999. The molecular formula is C24H25ClO4. The van der Waals surface area contributed by atoms with Crippen molar-refractivity contribution in [3.8, 4) is 11.1 Å². The van der Waals surface area contributed by atoms with Crippen molar-refractivity contribution in [1.82, 2.24) is 0 Å². The number of halogens is 1. The van der Waals surface area contributed by atoms with Gasteiger partial charge in [0.1, 0.15) is 12.0 Å². The Morgan fingerprint density at radius 2 is 1.83 bits per heavy atom. The Morgan fingerprint density at radius 1 is 1.10 bits per heavy atom. The van der Waals surface area contributed by atoms with E-state index in [2.05, 4.69) is 0 Å². The standard InChI is InChI=1S/C24H25ClO4/c1-3-15-5-6-17(16-7-9-18(25)10-8-16)13-19(15)21-22(26)20-11-12-24(29-20,23(21)27)14-28-4-2/h5-10,13,20-21H,3-4,11-12,14H2,1-2H3/t20-,21?,24-/m0/s1. The van der Waals surface area contributed by atoms with Gasteiger partial charge < -0.3 is 9.47 Å². The highest BCUT2D eigenvalue weighted by Crippen LogP contribution is 2.45. The molecule has 0 N–H and O–H groups in total. The van der Waals surface area contributed by atoms with Crippen LogP contribution in [0.2, 0.25) is 5.02 Å². The molecule has 0 amide bonds. The first-order chi connectivity index (χ1) is 14.0. The maximum absolute atomic E-state index is 13.5. The zero-order valence-electron chi connectivity index (χ0n) is 16.7. The van der Waals surface area contributed by atoms with Crippen molar-refractivity contribution in [3.63, 3.8) is 0 Å². The number of hydrogen-bond donors (Lipinski definition) is 0. The van der Waals surface area contributed by atoms with E-state index >= 15 is 0 Å². The second-order valence-electron chi connectivity index (χ2n) is 7.75. The summed E-state index contributed by atoms with van der Waals surface area (Å²) in [5.74, 6) is -1.07. The Kier molecular flexibility index (Phi) is 5.60. The van der Waals surface area contributed by atoms with Gasteiger partial charge in [-0.1, -0.05) is 42.8 Å². The van der Waals surface area contributed by atoms with E-state index in [0.29, 0.717) is 24.5 Å². The van der Waals surface area contributed by atoms with Crippen LogP contribution >= 0.6 is 11.6 Å². The molecule has 2 aliphatic heterocycles. The first kappa shape index (κ1) is 20.3. The zero-order chi connectivity index (χ0) is 20.6. The highest BCUT2D eigenvalue weighted by Gasteiger charge is 2.58. The SMILES string of the molecule is CCOC[C@]12CC[C@H](O1)C(=O)C(c1cc(-c3ccc(Cl)cc3)ccc1CC)C2=O.